The average molecular weight is 191 g/mol. The second-order valence-corrected chi connectivity index (χ2v) is 2.79. The number of nitrogens with zero attached hydrogens (tertiary/aromatic N) is 2. The summed E-state index contributed by atoms with van der Waals surface area (Å²) in [5.41, 5.74) is 1.69. The van der Waals surface area contributed by atoms with Gasteiger partial charge in [0.15, 0.2) is 0 Å². The summed E-state index contributed by atoms with van der Waals surface area (Å²) in [7, 11) is 0. The first-order chi connectivity index (χ1) is 6.25. The van der Waals surface area contributed by atoms with E-state index in [9.17, 15) is 0 Å². The first-order valence-corrected chi connectivity index (χ1v) is 4.10. The van der Waals surface area contributed by atoms with E-state index in [1.807, 2.05) is 19.1 Å². The SMILES string of the molecule is Cc1ccnc(Cl)c1C#CCC#N. The van der Waals surface area contributed by atoms with Crippen molar-refractivity contribution in [3.63, 3.8) is 0 Å². The third kappa shape index (κ3) is 2.47. The highest BCUT2D eigenvalue weighted by Crippen LogP contribution is 2.14. The number of pyridine rings is 1. The number of hydrogen-bond donors (Lipinski definition) is 0. The Morgan fingerprint density at radius 2 is 2.38 bits per heavy atom. The highest BCUT2D eigenvalue weighted by Gasteiger charge is 1.99. The van der Waals surface area contributed by atoms with Gasteiger partial charge >= 0.3 is 0 Å². The standard InChI is InChI=1S/C10H7ClN2/c1-8-5-7-13-10(11)9(8)4-2-3-6-12/h5,7H,3H2,1H3. The molecular formula is C10H7ClN2. The van der Waals surface area contributed by atoms with Crippen LogP contribution in [0.4, 0.5) is 0 Å². The summed E-state index contributed by atoms with van der Waals surface area (Å²) in [6.45, 7) is 1.91. The zero-order valence-corrected chi connectivity index (χ0v) is 7.89. The van der Waals surface area contributed by atoms with Crippen molar-refractivity contribution in [1.82, 2.24) is 4.98 Å². The smallest absolute Gasteiger partial charge is 0.144 e. The van der Waals surface area contributed by atoms with E-state index < -0.39 is 0 Å². The molecular weight excluding hydrogens is 184 g/mol. The average Bonchev–Trinajstić information content (AvgIpc) is 2.10. The van der Waals surface area contributed by atoms with Gasteiger partial charge in [-0.15, -0.1) is 0 Å². The summed E-state index contributed by atoms with van der Waals surface area (Å²) >= 11 is 5.81. The van der Waals surface area contributed by atoms with Crippen LogP contribution in [0.3, 0.4) is 0 Å². The van der Waals surface area contributed by atoms with Crippen molar-refractivity contribution < 1.29 is 0 Å². The fraction of sp³-hybridized carbons (Fsp3) is 0.200. The molecule has 13 heavy (non-hydrogen) atoms. The van der Waals surface area contributed by atoms with Crippen molar-refractivity contribution in [2.75, 3.05) is 0 Å². The molecule has 0 amide bonds. The summed E-state index contributed by atoms with van der Waals surface area (Å²) in [5, 5.41) is 8.68. The lowest BCUT2D eigenvalue weighted by Crippen LogP contribution is -1.86. The highest BCUT2D eigenvalue weighted by atomic mass is 35.5. The fourth-order valence-corrected chi connectivity index (χ4v) is 1.10. The lowest BCUT2D eigenvalue weighted by atomic mass is 10.1. The maximum atomic E-state index is 8.28. The zero-order valence-electron chi connectivity index (χ0n) is 7.13. The van der Waals surface area contributed by atoms with Crippen molar-refractivity contribution in [3.05, 3.63) is 28.5 Å². The topological polar surface area (TPSA) is 36.7 Å². The van der Waals surface area contributed by atoms with Crippen LogP contribution in [0, 0.1) is 30.1 Å². The molecule has 0 aliphatic rings. The van der Waals surface area contributed by atoms with Crippen molar-refractivity contribution in [3.8, 4) is 17.9 Å². The van der Waals surface area contributed by atoms with E-state index in [0.717, 1.165) is 5.56 Å². The van der Waals surface area contributed by atoms with Gasteiger partial charge in [-0.2, -0.15) is 5.26 Å². The zero-order chi connectivity index (χ0) is 9.68. The minimum atomic E-state index is 0.213. The molecule has 1 aromatic heterocycles. The van der Waals surface area contributed by atoms with E-state index in [1.165, 1.54) is 0 Å². The van der Waals surface area contributed by atoms with Gasteiger partial charge in [-0.25, -0.2) is 4.98 Å². The Hall–Kier alpha value is -1.51. The first-order valence-electron chi connectivity index (χ1n) is 3.72. The Morgan fingerprint density at radius 1 is 1.62 bits per heavy atom. The third-order valence-corrected chi connectivity index (χ3v) is 1.78. The molecule has 0 fully saturated rings. The molecule has 0 radical (unpaired) electrons. The summed E-state index contributed by atoms with van der Waals surface area (Å²) in [6, 6.07) is 3.78. The molecule has 1 heterocycles. The van der Waals surface area contributed by atoms with Gasteiger partial charge in [0.1, 0.15) is 5.15 Å². The van der Waals surface area contributed by atoms with E-state index in [-0.39, 0.29) is 6.42 Å². The molecule has 0 aliphatic heterocycles. The summed E-state index contributed by atoms with van der Waals surface area (Å²) in [4.78, 5) is 3.90. The Kier molecular flexibility index (Phi) is 3.31. The van der Waals surface area contributed by atoms with Crippen LogP contribution in [-0.2, 0) is 0 Å². The highest BCUT2D eigenvalue weighted by molar-refractivity contribution is 6.30. The van der Waals surface area contributed by atoms with Crippen LogP contribution in [-0.4, -0.2) is 4.98 Å². The minimum absolute atomic E-state index is 0.213. The number of hydrogen-bond acceptors (Lipinski definition) is 2. The lowest BCUT2D eigenvalue weighted by molar-refractivity contribution is 1.26. The van der Waals surface area contributed by atoms with Gasteiger partial charge in [0.2, 0.25) is 0 Å². The van der Waals surface area contributed by atoms with Gasteiger partial charge in [0, 0.05) is 6.20 Å². The van der Waals surface area contributed by atoms with Gasteiger partial charge in [-0.3, -0.25) is 0 Å². The molecule has 0 unspecified atom stereocenters. The van der Waals surface area contributed by atoms with Gasteiger partial charge in [-0.1, -0.05) is 23.4 Å². The fourth-order valence-electron chi connectivity index (χ4n) is 0.847. The van der Waals surface area contributed by atoms with Crippen LogP contribution in [0.25, 0.3) is 0 Å². The molecule has 0 saturated heterocycles. The van der Waals surface area contributed by atoms with Gasteiger partial charge < -0.3 is 0 Å². The van der Waals surface area contributed by atoms with E-state index in [4.69, 9.17) is 16.9 Å². The molecule has 0 saturated carbocycles. The van der Waals surface area contributed by atoms with Crippen molar-refractivity contribution in [2.45, 2.75) is 13.3 Å². The van der Waals surface area contributed by atoms with Crippen LogP contribution in [0.1, 0.15) is 17.5 Å². The molecule has 1 rings (SSSR count). The molecule has 0 bridgehead atoms. The minimum Gasteiger partial charge on any atom is -0.243 e. The maximum Gasteiger partial charge on any atom is 0.144 e. The molecule has 2 nitrogen and oxygen atoms in total. The summed E-state index contributed by atoms with van der Waals surface area (Å²) in [6.07, 6.45) is 1.85. The molecule has 0 spiro atoms. The number of aromatic nitrogens is 1. The van der Waals surface area contributed by atoms with Crippen LogP contribution >= 0.6 is 11.6 Å². The van der Waals surface area contributed by atoms with Gasteiger partial charge in [0.25, 0.3) is 0 Å². The van der Waals surface area contributed by atoms with Gasteiger partial charge in [0.05, 0.1) is 18.1 Å². The molecule has 0 atom stereocenters. The van der Waals surface area contributed by atoms with E-state index in [1.54, 1.807) is 6.20 Å². The molecule has 0 N–H and O–H groups in total. The maximum absolute atomic E-state index is 8.28. The van der Waals surface area contributed by atoms with Crippen LogP contribution < -0.4 is 0 Å². The summed E-state index contributed by atoms with van der Waals surface area (Å²) < 4.78 is 0. The summed E-state index contributed by atoms with van der Waals surface area (Å²) in [5.74, 6) is 5.51. The number of aryl methyl sites for hydroxylation is 1. The molecule has 1 aromatic rings. The van der Waals surface area contributed by atoms with Crippen LogP contribution in [0.2, 0.25) is 5.15 Å². The Labute approximate surface area is 82.2 Å². The number of rotatable bonds is 0. The van der Waals surface area contributed by atoms with E-state index in [2.05, 4.69) is 16.8 Å². The second kappa shape index (κ2) is 4.50. The molecule has 0 aliphatic carbocycles. The molecule has 0 aromatic carbocycles. The Morgan fingerprint density at radius 3 is 3.00 bits per heavy atom. The van der Waals surface area contributed by atoms with E-state index in [0.29, 0.717) is 10.7 Å². The predicted molar refractivity (Wildman–Crippen MR) is 51.1 cm³/mol. The van der Waals surface area contributed by atoms with Crippen molar-refractivity contribution in [1.29, 1.82) is 5.26 Å². The number of nitriles is 1. The predicted octanol–water partition coefficient (Wildman–Crippen LogP) is 2.31. The quantitative estimate of drug-likeness (QED) is 0.465. The van der Waals surface area contributed by atoms with Crippen LogP contribution in [0.5, 0.6) is 0 Å². The third-order valence-electron chi connectivity index (χ3n) is 1.49. The van der Waals surface area contributed by atoms with Crippen molar-refractivity contribution in [2.24, 2.45) is 0 Å². The molecule has 3 heteroatoms. The first kappa shape index (κ1) is 9.58. The second-order valence-electron chi connectivity index (χ2n) is 2.43. The largest absolute Gasteiger partial charge is 0.243 e. The van der Waals surface area contributed by atoms with E-state index >= 15 is 0 Å². The normalized spacial score (nSPS) is 8.38. The Bertz CT molecular complexity index is 387. The Balaban J connectivity index is 3.03. The lowest BCUT2D eigenvalue weighted by Gasteiger charge is -1.97. The van der Waals surface area contributed by atoms with Crippen LogP contribution in [0.15, 0.2) is 12.3 Å². The van der Waals surface area contributed by atoms with Crippen molar-refractivity contribution >= 4 is 11.6 Å². The number of halogens is 1. The van der Waals surface area contributed by atoms with Gasteiger partial charge in [-0.05, 0) is 18.6 Å². The molecule has 64 valence electrons. The monoisotopic (exact) mass is 190 g/mol.